The van der Waals surface area contributed by atoms with Gasteiger partial charge >= 0.3 is 10.4 Å². The SMILES string of the molecule is CCCCCCCC/C=C\CCCCCCCCOS(=O)(=O)O.[Na]. The Hall–Kier alpha value is 0.610. The van der Waals surface area contributed by atoms with Gasteiger partial charge in [0.2, 0.25) is 0 Å². The zero-order chi connectivity index (χ0) is 17.2. The van der Waals surface area contributed by atoms with E-state index in [0.717, 1.165) is 12.8 Å². The molecule has 0 fully saturated rings. The van der Waals surface area contributed by atoms with Gasteiger partial charge in [-0.1, -0.05) is 76.9 Å². The molecule has 0 aliphatic heterocycles. The smallest absolute Gasteiger partial charge is 0.264 e. The first-order chi connectivity index (χ1) is 11.1. The zero-order valence-corrected chi connectivity index (χ0v) is 18.7. The van der Waals surface area contributed by atoms with Crippen LogP contribution < -0.4 is 0 Å². The van der Waals surface area contributed by atoms with Crippen molar-refractivity contribution in [2.24, 2.45) is 0 Å². The van der Waals surface area contributed by atoms with Crippen LogP contribution >= 0.6 is 0 Å². The van der Waals surface area contributed by atoms with E-state index in [0.29, 0.717) is 6.42 Å². The number of hydrogen-bond acceptors (Lipinski definition) is 3. The summed E-state index contributed by atoms with van der Waals surface area (Å²) in [7, 11) is -4.25. The van der Waals surface area contributed by atoms with E-state index in [1.165, 1.54) is 70.6 Å². The van der Waals surface area contributed by atoms with Gasteiger partial charge in [-0.05, 0) is 32.1 Å². The molecule has 0 saturated heterocycles. The Morgan fingerprint density at radius 1 is 0.750 bits per heavy atom. The number of allylic oxidation sites excluding steroid dienone is 2. The first-order valence-electron chi connectivity index (χ1n) is 9.33. The molecule has 4 nitrogen and oxygen atoms in total. The van der Waals surface area contributed by atoms with Gasteiger partial charge in [0.1, 0.15) is 0 Å². The molecule has 139 valence electrons. The third-order valence-electron chi connectivity index (χ3n) is 3.89. The van der Waals surface area contributed by atoms with E-state index in [-0.39, 0.29) is 36.2 Å². The van der Waals surface area contributed by atoms with Crippen LogP contribution in [0.25, 0.3) is 0 Å². The van der Waals surface area contributed by atoms with E-state index < -0.39 is 10.4 Å². The average Bonchev–Trinajstić information content (AvgIpc) is 2.49. The molecule has 0 aromatic carbocycles. The van der Waals surface area contributed by atoms with E-state index in [4.69, 9.17) is 4.55 Å². The monoisotopic (exact) mass is 371 g/mol. The molecule has 0 aromatic heterocycles. The third kappa shape index (κ3) is 24.9. The van der Waals surface area contributed by atoms with Gasteiger partial charge in [0.25, 0.3) is 0 Å². The fraction of sp³-hybridized carbons (Fsp3) is 0.889. The predicted octanol–water partition coefficient (Wildman–Crippen LogP) is 5.46. The van der Waals surface area contributed by atoms with Gasteiger partial charge in [0.15, 0.2) is 0 Å². The molecule has 0 aliphatic rings. The summed E-state index contributed by atoms with van der Waals surface area (Å²) in [4.78, 5) is 0. The fourth-order valence-corrected chi connectivity index (χ4v) is 2.84. The van der Waals surface area contributed by atoms with Crippen molar-refractivity contribution < 1.29 is 17.2 Å². The Labute approximate surface area is 172 Å². The van der Waals surface area contributed by atoms with Crippen LogP contribution in [0.1, 0.15) is 96.8 Å². The molecule has 0 aromatic rings. The van der Waals surface area contributed by atoms with Gasteiger partial charge < -0.3 is 0 Å². The Morgan fingerprint density at radius 3 is 1.62 bits per heavy atom. The summed E-state index contributed by atoms with van der Waals surface area (Å²) in [6.07, 6.45) is 21.5. The van der Waals surface area contributed by atoms with Crippen molar-refractivity contribution in [1.82, 2.24) is 0 Å². The molecular weight excluding hydrogens is 335 g/mol. The maximum atomic E-state index is 10.3. The average molecular weight is 372 g/mol. The second-order valence-corrected chi connectivity index (χ2v) is 7.28. The molecule has 0 atom stereocenters. The summed E-state index contributed by atoms with van der Waals surface area (Å²) in [5, 5.41) is 0. The van der Waals surface area contributed by atoms with Gasteiger partial charge in [0, 0.05) is 29.6 Å². The Kier molecular flexibility index (Phi) is 22.3. The summed E-state index contributed by atoms with van der Waals surface area (Å²) in [5.74, 6) is 0. The van der Waals surface area contributed by atoms with Crippen LogP contribution in [0.5, 0.6) is 0 Å². The third-order valence-corrected chi connectivity index (χ3v) is 4.35. The molecule has 0 heterocycles. The minimum Gasteiger partial charge on any atom is -0.264 e. The van der Waals surface area contributed by atoms with Gasteiger partial charge in [-0.25, -0.2) is 4.18 Å². The zero-order valence-electron chi connectivity index (χ0n) is 15.8. The van der Waals surface area contributed by atoms with Crippen molar-refractivity contribution in [3.63, 3.8) is 0 Å². The summed E-state index contributed by atoms with van der Waals surface area (Å²) >= 11 is 0. The normalized spacial score (nSPS) is 11.8. The second kappa shape index (κ2) is 19.9. The molecule has 1 N–H and O–H groups in total. The van der Waals surface area contributed by atoms with Crippen molar-refractivity contribution in [2.45, 2.75) is 96.8 Å². The van der Waals surface area contributed by atoms with Crippen LogP contribution in [-0.4, -0.2) is 49.1 Å². The number of hydrogen-bond donors (Lipinski definition) is 1. The Morgan fingerprint density at radius 2 is 1.17 bits per heavy atom. The molecule has 0 spiro atoms. The van der Waals surface area contributed by atoms with Crippen LogP contribution in [0.4, 0.5) is 0 Å². The number of rotatable bonds is 17. The largest absolute Gasteiger partial charge is 0.397 e. The summed E-state index contributed by atoms with van der Waals surface area (Å²) in [6, 6.07) is 0. The van der Waals surface area contributed by atoms with Crippen LogP contribution in [0.15, 0.2) is 12.2 Å². The van der Waals surface area contributed by atoms with E-state index >= 15 is 0 Å². The molecule has 24 heavy (non-hydrogen) atoms. The fourth-order valence-electron chi connectivity index (χ4n) is 2.51. The summed E-state index contributed by atoms with van der Waals surface area (Å²) in [6.45, 7) is 2.33. The number of unbranched alkanes of at least 4 members (excludes halogenated alkanes) is 12. The molecule has 0 amide bonds. The van der Waals surface area contributed by atoms with Crippen molar-refractivity contribution in [1.29, 1.82) is 0 Å². The predicted molar refractivity (Wildman–Crippen MR) is 103 cm³/mol. The topological polar surface area (TPSA) is 63.6 Å². The standard InChI is InChI=1S/C18H36O4S.Na/c1-2-3-4-5-6-7-8-9-10-11-12-13-14-15-16-17-18-22-23(19,20)21;/h9-10H,2-8,11-18H2,1H3,(H,19,20,21);/b10-9-;. The molecule has 1 radical (unpaired) electrons. The van der Waals surface area contributed by atoms with Crippen molar-refractivity contribution in [3.8, 4) is 0 Å². The molecule has 0 aliphatic carbocycles. The molecule has 0 rings (SSSR count). The van der Waals surface area contributed by atoms with E-state index in [2.05, 4.69) is 23.3 Å². The molecule has 0 unspecified atom stereocenters. The van der Waals surface area contributed by atoms with Gasteiger partial charge in [-0.3, -0.25) is 4.55 Å². The first-order valence-corrected chi connectivity index (χ1v) is 10.7. The van der Waals surface area contributed by atoms with Crippen molar-refractivity contribution in [2.75, 3.05) is 6.61 Å². The minimum absolute atomic E-state index is 0. The second-order valence-electron chi connectivity index (χ2n) is 6.19. The van der Waals surface area contributed by atoms with Crippen molar-refractivity contribution in [3.05, 3.63) is 12.2 Å². The van der Waals surface area contributed by atoms with Crippen LogP contribution in [0.3, 0.4) is 0 Å². The van der Waals surface area contributed by atoms with Crippen LogP contribution in [0, 0.1) is 0 Å². The van der Waals surface area contributed by atoms with Gasteiger partial charge in [-0.2, -0.15) is 8.42 Å². The quantitative estimate of drug-likeness (QED) is 0.159. The van der Waals surface area contributed by atoms with Gasteiger partial charge in [0.05, 0.1) is 6.61 Å². The van der Waals surface area contributed by atoms with Crippen LogP contribution in [-0.2, 0) is 14.6 Å². The van der Waals surface area contributed by atoms with Gasteiger partial charge in [-0.15, -0.1) is 0 Å². The molecule has 6 heteroatoms. The van der Waals surface area contributed by atoms with Crippen molar-refractivity contribution >= 4 is 40.0 Å². The summed E-state index contributed by atoms with van der Waals surface area (Å²) < 4.78 is 33.3. The minimum atomic E-state index is -4.25. The maximum absolute atomic E-state index is 10.3. The van der Waals surface area contributed by atoms with E-state index in [1.54, 1.807) is 0 Å². The summed E-state index contributed by atoms with van der Waals surface area (Å²) in [5.41, 5.74) is 0. The van der Waals surface area contributed by atoms with E-state index in [1.807, 2.05) is 0 Å². The Bertz CT molecular complexity index is 369. The Balaban J connectivity index is 0. The molecular formula is C18H36NaO4S. The molecule has 0 bridgehead atoms. The maximum Gasteiger partial charge on any atom is 0.397 e. The van der Waals surface area contributed by atoms with Crippen LogP contribution in [0.2, 0.25) is 0 Å². The first kappa shape index (κ1) is 26.8. The van der Waals surface area contributed by atoms with E-state index in [9.17, 15) is 8.42 Å². The molecule has 0 saturated carbocycles.